The maximum atomic E-state index is 12.2. The standard InChI is InChI=1S/C12H14N6OS2/c1-12(2,9-16-17-10(13)21-9)15-8(19)5-7-6-18-3-4-20-11(18)14-7/h3-4,6H,5H2,1-2H3,(H2,13,17)(H,15,19). The van der Waals surface area contributed by atoms with E-state index in [0.29, 0.717) is 10.1 Å². The first kappa shape index (κ1) is 14.0. The Morgan fingerprint density at radius 1 is 1.48 bits per heavy atom. The van der Waals surface area contributed by atoms with Gasteiger partial charge in [0.05, 0.1) is 17.7 Å². The number of anilines is 1. The Labute approximate surface area is 128 Å². The molecule has 0 atom stereocenters. The predicted octanol–water partition coefficient (Wildman–Crippen LogP) is 1.42. The molecule has 110 valence electrons. The van der Waals surface area contributed by atoms with Gasteiger partial charge in [-0.1, -0.05) is 11.3 Å². The first-order valence-corrected chi connectivity index (χ1v) is 7.95. The molecule has 0 radical (unpaired) electrons. The van der Waals surface area contributed by atoms with E-state index < -0.39 is 5.54 Å². The van der Waals surface area contributed by atoms with Gasteiger partial charge in [0.25, 0.3) is 0 Å². The topological polar surface area (TPSA) is 98.2 Å². The summed E-state index contributed by atoms with van der Waals surface area (Å²) in [5.41, 5.74) is 5.72. The number of thiazole rings is 1. The van der Waals surface area contributed by atoms with Crippen LogP contribution in [0.3, 0.4) is 0 Å². The smallest absolute Gasteiger partial charge is 0.226 e. The second-order valence-electron chi connectivity index (χ2n) is 5.12. The number of amides is 1. The van der Waals surface area contributed by atoms with E-state index >= 15 is 0 Å². The SMILES string of the molecule is CC(C)(NC(=O)Cc1cn2ccsc2n1)c1nnc(N)s1. The molecule has 0 fully saturated rings. The summed E-state index contributed by atoms with van der Waals surface area (Å²) in [6, 6.07) is 0. The van der Waals surface area contributed by atoms with Crippen molar-refractivity contribution in [1.82, 2.24) is 24.9 Å². The van der Waals surface area contributed by atoms with Gasteiger partial charge < -0.3 is 11.1 Å². The molecule has 3 heterocycles. The second-order valence-corrected chi connectivity index (χ2v) is 7.00. The van der Waals surface area contributed by atoms with Crippen molar-refractivity contribution in [3.63, 3.8) is 0 Å². The molecule has 3 aromatic rings. The van der Waals surface area contributed by atoms with Crippen LogP contribution in [-0.2, 0) is 16.8 Å². The lowest BCUT2D eigenvalue weighted by Gasteiger charge is -2.22. The molecule has 9 heteroatoms. The number of carbonyl (C=O) groups is 1. The van der Waals surface area contributed by atoms with E-state index in [-0.39, 0.29) is 12.3 Å². The molecule has 0 aliphatic rings. The molecule has 0 aliphatic heterocycles. The number of rotatable bonds is 4. The maximum absolute atomic E-state index is 12.2. The van der Waals surface area contributed by atoms with Crippen molar-refractivity contribution in [2.45, 2.75) is 25.8 Å². The summed E-state index contributed by atoms with van der Waals surface area (Å²) in [5, 5.41) is 13.7. The van der Waals surface area contributed by atoms with Crippen molar-refractivity contribution < 1.29 is 4.79 Å². The maximum Gasteiger partial charge on any atom is 0.226 e. The zero-order chi connectivity index (χ0) is 15.0. The van der Waals surface area contributed by atoms with Crippen LogP contribution >= 0.6 is 22.7 Å². The van der Waals surface area contributed by atoms with E-state index in [4.69, 9.17) is 5.73 Å². The molecule has 0 bridgehead atoms. The minimum Gasteiger partial charge on any atom is -0.374 e. The fraction of sp³-hybridized carbons (Fsp3) is 0.333. The quantitative estimate of drug-likeness (QED) is 0.757. The highest BCUT2D eigenvalue weighted by Gasteiger charge is 2.27. The van der Waals surface area contributed by atoms with Gasteiger partial charge in [-0.05, 0) is 13.8 Å². The van der Waals surface area contributed by atoms with Crippen molar-refractivity contribution in [3.8, 4) is 0 Å². The minimum atomic E-state index is -0.608. The van der Waals surface area contributed by atoms with Gasteiger partial charge in [-0.15, -0.1) is 21.5 Å². The number of carbonyl (C=O) groups excluding carboxylic acids is 1. The van der Waals surface area contributed by atoms with E-state index in [1.165, 1.54) is 22.7 Å². The number of aromatic nitrogens is 4. The number of nitrogens with two attached hydrogens (primary N) is 1. The zero-order valence-corrected chi connectivity index (χ0v) is 13.2. The normalized spacial score (nSPS) is 11.9. The molecule has 0 saturated carbocycles. The minimum absolute atomic E-state index is 0.112. The number of fused-ring (bicyclic) bond motifs is 1. The Morgan fingerprint density at radius 3 is 2.95 bits per heavy atom. The lowest BCUT2D eigenvalue weighted by Crippen LogP contribution is -2.41. The average molecular weight is 322 g/mol. The summed E-state index contributed by atoms with van der Waals surface area (Å²) in [5.74, 6) is -0.112. The van der Waals surface area contributed by atoms with E-state index in [0.717, 1.165) is 10.7 Å². The lowest BCUT2D eigenvalue weighted by molar-refractivity contribution is -0.122. The van der Waals surface area contributed by atoms with Gasteiger partial charge in [0.1, 0.15) is 5.01 Å². The molecule has 0 saturated heterocycles. The third kappa shape index (κ3) is 2.88. The van der Waals surface area contributed by atoms with Crippen molar-refractivity contribution in [2.24, 2.45) is 0 Å². The Morgan fingerprint density at radius 2 is 2.29 bits per heavy atom. The Balaban J connectivity index is 1.69. The number of nitrogen functional groups attached to an aromatic ring is 1. The van der Waals surface area contributed by atoms with Crippen LogP contribution in [0.4, 0.5) is 5.13 Å². The Bertz CT molecular complexity index is 758. The molecule has 21 heavy (non-hydrogen) atoms. The number of hydrogen-bond donors (Lipinski definition) is 2. The second kappa shape index (κ2) is 5.08. The van der Waals surface area contributed by atoms with Crippen molar-refractivity contribution in [2.75, 3.05) is 5.73 Å². The molecule has 7 nitrogen and oxygen atoms in total. The first-order valence-electron chi connectivity index (χ1n) is 6.25. The summed E-state index contributed by atoms with van der Waals surface area (Å²) in [4.78, 5) is 17.5. The molecule has 3 rings (SSSR count). The van der Waals surface area contributed by atoms with E-state index in [2.05, 4.69) is 20.5 Å². The summed E-state index contributed by atoms with van der Waals surface area (Å²) < 4.78 is 1.91. The van der Waals surface area contributed by atoms with Crippen LogP contribution in [-0.4, -0.2) is 25.5 Å². The van der Waals surface area contributed by atoms with Crippen LogP contribution in [0.25, 0.3) is 4.96 Å². The van der Waals surface area contributed by atoms with Crippen LogP contribution in [0.5, 0.6) is 0 Å². The van der Waals surface area contributed by atoms with Crippen LogP contribution < -0.4 is 11.1 Å². The van der Waals surface area contributed by atoms with Crippen LogP contribution in [0, 0.1) is 0 Å². The van der Waals surface area contributed by atoms with E-state index in [1.807, 2.05) is 36.0 Å². The largest absolute Gasteiger partial charge is 0.374 e. The monoisotopic (exact) mass is 322 g/mol. The van der Waals surface area contributed by atoms with Gasteiger partial charge in [0, 0.05) is 17.8 Å². The van der Waals surface area contributed by atoms with Gasteiger partial charge in [-0.3, -0.25) is 9.20 Å². The molecule has 0 aliphatic carbocycles. The fourth-order valence-corrected chi connectivity index (χ4v) is 3.35. The van der Waals surface area contributed by atoms with Gasteiger partial charge in [0.2, 0.25) is 11.0 Å². The number of nitrogens with one attached hydrogen (secondary N) is 1. The van der Waals surface area contributed by atoms with Crippen LogP contribution in [0.2, 0.25) is 0 Å². The highest BCUT2D eigenvalue weighted by molar-refractivity contribution is 7.15. The summed E-state index contributed by atoms with van der Waals surface area (Å²) >= 11 is 2.81. The molecule has 1 amide bonds. The summed E-state index contributed by atoms with van der Waals surface area (Å²) in [6.07, 6.45) is 4.01. The molecule has 0 aromatic carbocycles. The van der Waals surface area contributed by atoms with Crippen LogP contribution in [0.1, 0.15) is 24.5 Å². The average Bonchev–Trinajstić information content (AvgIpc) is 3.03. The Kier molecular flexibility index (Phi) is 3.38. The van der Waals surface area contributed by atoms with Crippen molar-refractivity contribution in [1.29, 1.82) is 0 Å². The first-order chi connectivity index (χ1) is 9.94. The third-order valence-electron chi connectivity index (χ3n) is 2.91. The van der Waals surface area contributed by atoms with Crippen molar-refractivity contribution >= 4 is 38.7 Å². The third-order valence-corrected chi connectivity index (χ3v) is 4.76. The van der Waals surface area contributed by atoms with Crippen LogP contribution in [0.15, 0.2) is 17.8 Å². The van der Waals surface area contributed by atoms with Crippen molar-refractivity contribution in [3.05, 3.63) is 28.5 Å². The summed E-state index contributed by atoms with van der Waals surface area (Å²) in [7, 11) is 0. The van der Waals surface area contributed by atoms with E-state index in [9.17, 15) is 4.79 Å². The number of hydrogen-bond acceptors (Lipinski definition) is 7. The molecule has 3 N–H and O–H groups in total. The molecular formula is C12H14N6OS2. The highest BCUT2D eigenvalue weighted by atomic mass is 32.1. The number of nitrogens with zero attached hydrogens (tertiary/aromatic N) is 4. The zero-order valence-electron chi connectivity index (χ0n) is 11.5. The lowest BCUT2D eigenvalue weighted by atomic mass is 10.1. The molecule has 3 aromatic heterocycles. The molecular weight excluding hydrogens is 308 g/mol. The Hall–Kier alpha value is -2.00. The van der Waals surface area contributed by atoms with Gasteiger partial charge in [-0.2, -0.15) is 0 Å². The van der Waals surface area contributed by atoms with Gasteiger partial charge in [0.15, 0.2) is 4.96 Å². The fourth-order valence-electron chi connectivity index (χ4n) is 1.96. The number of imidazole rings is 1. The van der Waals surface area contributed by atoms with Gasteiger partial charge >= 0.3 is 0 Å². The summed E-state index contributed by atoms with van der Waals surface area (Å²) in [6.45, 7) is 3.74. The molecule has 0 spiro atoms. The highest BCUT2D eigenvalue weighted by Crippen LogP contribution is 2.24. The van der Waals surface area contributed by atoms with Gasteiger partial charge in [-0.25, -0.2) is 4.98 Å². The van der Waals surface area contributed by atoms with E-state index in [1.54, 1.807) is 0 Å². The predicted molar refractivity (Wildman–Crippen MR) is 82.3 cm³/mol. The molecule has 0 unspecified atom stereocenters.